The van der Waals surface area contributed by atoms with E-state index in [0.717, 1.165) is 17.9 Å². The molecule has 1 aliphatic carbocycles. The maximum atomic E-state index is 11.2. The van der Waals surface area contributed by atoms with E-state index in [-0.39, 0.29) is 6.04 Å². The van der Waals surface area contributed by atoms with Crippen molar-refractivity contribution < 1.29 is 9.53 Å². The summed E-state index contributed by atoms with van der Waals surface area (Å²) < 4.78 is 5.66. The summed E-state index contributed by atoms with van der Waals surface area (Å²) in [6.45, 7) is 0.601. The van der Waals surface area contributed by atoms with Gasteiger partial charge in [0, 0.05) is 18.4 Å². The SMILES string of the molecule is O=C1CC=C([C@H]2COC(c3ccccc3)=N2)CC1. The van der Waals surface area contributed by atoms with Crippen LogP contribution in [-0.2, 0) is 9.53 Å². The number of carbonyl (C=O) groups is 1. The molecule has 1 aromatic carbocycles. The van der Waals surface area contributed by atoms with Gasteiger partial charge in [-0.3, -0.25) is 4.79 Å². The standard InChI is InChI=1S/C15H15NO2/c17-13-8-6-11(7-9-13)14-10-18-15(16-14)12-4-2-1-3-5-12/h1-6,14H,7-10H2/t14-/m1/s1. The second kappa shape index (κ2) is 4.77. The normalized spacial score (nSPS) is 23.3. The highest BCUT2D eigenvalue weighted by Gasteiger charge is 2.25. The lowest BCUT2D eigenvalue weighted by molar-refractivity contribution is -0.118. The highest BCUT2D eigenvalue weighted by molar-refractivity contribution is 5.95. The molecule has 1 heterocycles. The van der Waals surface area contributed by atoms with E-state index in [1.54, 1.807) is 0 Å². The Hall–Kier alpha value is -1.90. The van der Waals surface area contributed by atoms with Gasteiger partial charge in [0.2, 0.25) is 5.90 Å². The molecule has 0 spiro atoms. The molecule has 0 bridgehead atoms. The minimum absolute atomic E-state index is 0.105. The van der Waals surface area contributed by atoms with Gasteiger partial charge >= 0.3 is 0 Å². The van der Waals surface area contributed by atoms with E-state index in [4.69, 9.17) is 4.74 Å². The van der Waals surface area contributed by atoms with Crippen LogP contribution in [0.2, 0.25) is 0 Å². The largest absolute Gasteiger partial charge is 0.475 e. The lowest BCUT2D eigenvalue weighted by atomic mass is 9.94. The average Bonchev–Trinajstić information content (AvgIpc) is 2.90. The summed E-state index contributed by atoms with van der Waals surface area (Å²) in [6.07, 6.45) is 4.07. The number of ether oxygens (including phenoxy) is 1. The third-order valence-corrected chi connectivity index (χ3v) is 3.38. The fourth-order valence-corrected chi connectivity index (χ4v) is 2.34. The number of rotatable bonds is 2. The molecule has 0 saturated heterocycles. The van der Waals surface area contributed by atoms with E-state index < -0.39 is 0 Å². The molecule has 18 heavy (non-hydrogen) atoms. The monoisotopic (exact) mass is 241 g/mol. The number of nitrogens with zero attached hydrogens (tertiary/aromatic N) is 1. The molecule has 3 nitrogen and oxygen atoms in total. The molecule has 3 heteroatoms. The van der Waals surface area contributed by atoms with Crippen LogP contribution in [0.25, 0.3) is 0 Å². The molecule has 2 aliphatic rings. The Labute approximate surface area is 106 Å². The molecule has 0 aromatic heterocycles. The van der Waals surface area contributed by atoms with Gasteiger partial charge in [0.25, 0.3) is 0 Å². The Kier molecular flexibility index (Phi) is 2.97. The maximum absolute atomic E-state index is 11.2. The number of carbonyl (C=O) groups excluding carboxylic acids is 1. The van der Waals surface area contributed by atoms with E-state index in [0.29, 0.717) is 25.2 Å². The van der Waals surface area contributed by atoms with Crippen molar-refractivity contribution in [3.8, 4) is 0 Å². The van der Waals surface area contributed by atoms with Gasteiger partial charge < -0.3 is 4.74 Å². The van der Waals surface area contributed by atoms with Crippen LogP contribution in [0.5, 0.6) is 0 Å². The Bertz CT molecular complexity index is 517. The summed E-state index contributed by atoms with van der Waals surface area (Å²) in [6, 6.07) is 10.0. The predicted molar refractivity (Wildman–Crippen MR) is 69.7 cm³/mol. The van der Waals surface area contributed by atoms with Gasteiger partial charge in [0.1, 0.15) is 18.4 Å². The molecule has 3 rings (SSSR count). The first kappa shape index (κ1) is 11.2. The average molecular weight is 241 g/mol. The van der Waals surface area contributed by atoms with Crippen LogP contribution in [0.3, 0.4) is 0 Å². The molecule has 0 fully saturated rings. The van der Waals surface area contributed by atoms with E-state index in [1.165, 1.54) is 5.57 Å². The van der Waals surface area contributed by atoms with Crippen LogP contribution in [0, 0.1) is 0 Å². The quantitative estimate of drug-likeness (QED) is 0.746. The van der Waals surface area contributed by atoms with E-state index in [1.807, 2.05) is 36.4 Å². The molecular weight excluding hydrogens is 226 g/mol. The molecule has 0 N–H and O–H groups in total. The lowest BCUT2D eigenvalue weighted by Gasteiger charge is -2.14. The lowest BCUT2D eigenvalue weighted by Crippen LogP contribution is -2.15. The highest BCUT2D eigenvalue weighted by Crippen LogP contribution is 2.24. The van der Waals surface area contributed by atoms with Gasteiger partial charge in [-0.2, -0.15) is 0 Å². The number of allylic oxidation sites excluding steroid dienone is 1. The summed E-state index contributed by atoms with van der Waals surface area (Å²) >= 11 is 0. The zero-order valence-electron chi connectivity index (χ0n) is 10.1. The smallest absolute Gasteiger partial charge is 0.216 e. The zero-order valence-corrected chi connectivity index (χ0v) is 10.1. The van der Waals surface area contributed by atoms with E-state index in [2.05, 4.69) is 4.99 Å². The summed E-state index contributed by atoms with van der Waals surface area (Å²) in [4.78, 5) is 15.8. The molecule has 1 aliphatic heterocycles. The van der Waals surface area contributed by atoms with E-state index in [9.17, 15) is 4.79 Å². The van der Waals surface area contributed by atoms with Gasteiger partial charge in [-0.15, -0.1) is 0 Å². The van der Waals surface area contributed by atoms with Crippen molar-refractivity contribution in [1.82, 2.24) is 0 Å². The molecule has 0 saturated carbocycles. The number of hydrogen-bond acceptors (Lipinski definition) is 3. The van der Waals surface area contributed by atoms with Crippen molar-refractivity contribution in [2.75, 3.05) is 6.61 Å². The first-order valence-corrected chi connectivity index (χ1v) is 6.29. The van der Waals surface area contributed by atoms with Gasteiger partial charge in [0.05, 0.1) is 0 Å². The van der Waals surface area contributed by atoms with Gasteiger partial charge in [-0.05, 0) is 24.1 Å². The zero-order chi connectivity index (χ0) is 12.4. The Morgan fingerprint density at radius 3 is 2.72 bits per heavy atom. The van der Waals surface area contributed by atoms with Crippen molar-refractivity contribution in [2.45, 2.75) is 25.3 Å². The summed E-state index contributed by atoms with van der Waals surface area (Å²) in [7, 11) is 0. The second-order valence-electron chi connectivity index (χ2n) is 4.65. The van der Waals surface area contributed by atoms with Crippen LogP contribution >= 0.6 is 0 Å². The highest BCUT2D eigenvalue weighted by atomic mass is 16.5. The van der Waals surface area contributed by atoms with Crippen LogP contribution in [0.4, 0.5) is 0 Å². The first-order valence-electron chi connectivity index (χ1n) is 6.29. The predicted octanol–water partition coefficient (Wildman–Crippen LogP) is 2.51. The number of aliphatic imine (C=N–C) groups is 1. The maximum Gasteiger partial charge on any atom is 0.216 e. The van der Waals surface area contributed by atoms with Crippen molar-refractivity contribution in [1.29, 1.82) is 0 Å². The third-order valence-electron chi connectivity index (χ3n) is 3.38. The third kappa shape index (κ3) is 2.21. The van der Waals surface area contributed by atoms with Crippen molar-refractivity contribution in [3.63, 3.8) is 0 Å². The minimum Gasteiger partial charge on any atom is -0.475 e. The Morgan fingerprint density at radius 2 is 2.00 bits per heavy atom. The second-order valence-corrected chi connectivity index (χ2v) is 4.65. The van der Waals surface area contributed by atoms with Gasteiger partial charge in [0.15, 0.2) is 0 Å². The van der Waals surface area contributed by atoms with Crippen LogP contribution < -0.4 is 0 Å². The molecule has 92 valence electrons. The topological polar surface area (TPSA) is 38.7 Å². The van der Waals surface area contributed by atoms with Crippen LogP contribution in [0.1, 0.15) is 24.8 Å². The van der Waals surface area contributed by atoms with Gasteiger partial charge in [-0.25, -0.2) is 4.99 Å². The summed E-state index contributed by atoms with van der Waals surface area (Å²) in [5, 5.41) is 0. The molecule has 1 aromatic rings. The first-order chi connectivity index (χ1) is 8.83. The van der Waals surface area contributed by atoms with Crippen molar-refractivity contribution in [2.24, 2.45) is 4.99 Å². The summed E-state index contributed by atoms with van der Waals surface area (Å²) in [5.41, 5.74) is 2.27. The fraction of sp³-hybridized carbons (Fsp3) is 0.333. The van der Waals surface area contributed by atoms with E-state index >= 15 is 0 Å². The number of hydrogen-bond donors (Lipinski definition) is 0. The number of ketones is 1. The van der Waals surface area contributed by atoms with Gasteiger partial charge in [-0.1, -0.05) is 24.3 Å². The van der Waals surface area contributed by atoms with Crippen molar-refractivity contribution >= 4 is 11.7 Å². The van der Waals surface area contributed by atoms with Crippen molar-refractivity contribution in [3.05, 3.63) is 47.5 Å². The summed E-state index contributed by atoms with van der Waals surface area (Å²) in [5.74, 6) is 1.04. The Balaban J connectivity index is 1.78. The molecule has 0 radical (unpaired) electrons. The molecule has 0 amide bonds. The molecule has 1 atom stereocenters. The number of benzene rings is 1. The fourth-order valence-electron chi connectivity index (χ4n) is 2.34. The molecular formula is C15H15NO2. The molecule has 0 unspecified atom stereocenters. The Morgan fingerprint density at radius 1 is 1.17 bits per heavy atom. The van der Waals surface area contributed by atoms with Crippen LogP contribution in [-0.4, -0.2) is 24.3 Å². The van der Waals surface area contributed by atoms with Crippen LogP contribution in [0.15, 0.2) is 47.0 Å². The minimum atomic E-state index is 0.105. The number of Topliss-reactive ketones (excluding diaryl/α,β-unsaturated/α-hetero) is 1.